The van der Waals surface area contributed by atoms with Crippen molar-refractivity contribution in [2.24, 2.45) is 0 Å². The zero-order valence-corrected chi connectivity index (χ0v) is 11.2. The maximum Gasteiger partial charge on any atom is 0.352 e. The molecule has 0 spiro atoms. The first-order valence-corrected chi connectivity index (χ1v) is 6.55. The van der Waals surface area contributed by atoms with E-state index in [9.17, 15) is 10.1 Å². The van der Waals surface area contributed by atoms with Gasteiger partial charge in [-0.25, -0.2) is 4.98 Å². The van der Waals surface area contributed by atoms with Crippen LogP contribution in [-0.2, 0) is 0 Å². The van der Waals surface area contributed by atoms with Crippen molar-refractivity contribution in [2.75, 3.05) is 11.9 Å². The third kappa shape index (κ3) is 3.10. The van der Waals surface area contributed by atoms with Gasteiger partial charge in [-0.05, 0) is 39.5 Å². The van der Waals surface area contributed by atoms with E-state index >= 15 is 0 Å². The highest BCUT2D eigenvalue weighted by atomic mass is 16.6. The number of nitrogens with one attached hydrogen (secondary N) is 1. The lowest BCUT2D eigenvalue weighted by Crippen LogP contribution is -2.15. The first kappa shape index (κ1) is 13.5. The fourth-order valence-electron chi connectivity index (χ4n) is 2.23. The van der Waals surface area contributed by atoms with Crippen LogP contribution < -0.4 is 10.1 Å². The topological polar surface area (TPSA) is 90.2 Å². The molecule has 1 fully saturated rings. The Kier molecular flexibility index (Phi) is 4.13. The maximum absolute atomic E-state index is 11.1. The zero-order valence-electron chi connectivity index (χ0n) is 11.2. The van der Waals surface area contributed by atoms with Crippen LogP contribution in [0.25, 0.3) is 0 Å². The van der Waals surface area contributed by atoms with Crippen LogP contribution in [0.15, 0.2) is 0 Å². The predicted octanol–water partition coefficient (Wildman–Crippen LogP) is 2.45. The number of rotatable bonds is 5. The second-order valence-corrected chi connectivity index (χ2v) is 4.60. The number of aryl methyl sites for hydroxylation is 1. The van der Waals surface area contributed by atoms with Crippen molar-refractivity contribution in [1.29, 1.82) is 0 Å². The molecule has 2 rings (SSSR count). The molecule has 1 aromatic rings. The molecule has 0 aliphatic heterocycles. The van der Waals surface area contributed by atoms with Crippen molar-refractivity contribution in [1.82, 2.24) is 9.97 Å². The summed E-state index contributed by atoms with van der Waals surface area (Å²) < 4.78 is 5.70. The van der Waals surface area contributed by atoms with Gasteiger partial charge < -0.3 is 10.1 Å². The molecular formula is C12H18N4O3. The molecule has 7 heteroatoms. The molecule has 1 heterocycles. The molecule has 0 aromatic carbocycles. The highest BCUT2D eigenvalue weighted by Crippen LogP contribution is 2.32. The summed E-state index contributed by atoms with van der Waals surface area (Å²) in [6.45, 7) is 4.17. The molecule has 1 N–H and O–H groups in total. The van der Waals surface area contributed by atoms with Crippen LogP contribution in [0.5, 0.6) is 5.88 Å². The van der Waals surface area contributed by atoms with Crippen molar-refractivity contribution in [3.05, 3.63) is 15.8 Å². The highest BCUT2D eigenvalue weighted by molar-refractivity contribution is 5.48. The van der Waals surface area contributed by atoms with Crippen LogP contribution in [0.4, 0.5) is 11.6 Å². The molecule has 1 aliphatic rings. The van der Waals surface area contributed by atoms with Crippen LogP contribution in [0.1, 0.15) is 38.3 Å². The molecular weight excluding hydrogens is 248 g/mol. The number of ether oxygens (including phenoxy) is 1. The molecule has 0 bridgehead atoms. The van der Waals surface area contributed by atoms with Gasteiger partial charge in [0.05, 0.1) is 4.92 Å². The molecule has 0 saturated heterocycles. The average Bonchev–Trinajstić information content (AvgIpc) is 2.81. The van der Waals surface area contributed by atoms with Crippen molar-refractivity contribution >= 4 is 11.6 Å². The minimum atomic E-state index is -0.477. The van der Waals surface area contributed by atoms with Crippen LogP contribution >= 0.6 is 0 Å². The summed E-state index contributed by atoms with van der Waals surface area (Å²) in [6.07, 6.45) is 4.08. The number of anilines is 1. The van der Waals surface area contributed by atoms with E-state index in [1.165, 1.54) is 0 Å². The van der Waals surface area contributed by atoms with Gasteiger partial charge in [0.2, 0.25) is 5.95 Å². The summed E-state index contributed by atoms with van der Waals surface area (Å²) in [5, 5.41) is 14.1. The SMILES string of the molecule is CCNc1nc(C)c([N+](=O)[O-])c(OC2CCCC2)n1. The van der Waals surface area contributed by atoms with E-state index in [1.54, 1.807) is 6.92 Å². The fraction of sp³-hybridized carbons (Fsp3) is 0.667. The van der Waals surface area contributed by atoms with E-state index in [2.05, 4.69) is 15.3 Å². The second kappa shape index (κ2) is 5.81. The largest absolute Gasteiger partial charge is 0.469 e. The molecule has 0 radical (unpaired) electrons. The Morgan fingerprint density at radius 3 is 2.68 bits per heavy atom. The van der Waals surface area contributed by atoms with Gasteiger partial charge in [0.15, 0.2) is 0 Å². The molecule has 19 heavy (non-hydrogen) atoms. The van der Waals surface area contributed by atoms with E-state index < -0.39 is 4.92 Å². The van der Waals surface area contributed by atoms with Crippen molar-refractivity contribution < 1.29 is 9.66 Å². The standard InChI is InChI=1S/C12H18N4O3/c1-3-13-12-14-8(2)10(16(17)18)11(15-12)19-9-6-4-5-7-9/h9H,3-7H2,1-2H3,(H,13,14,15). The lowest BCUT2D eigenvalue weighted by molar-refractivity contribution is -0.387. The van der Waals surface area contributed by atoms with E-state index in [0.29, 0.717) is 18.2 Å². The molecule has 0 unspecified atom stereocenters. The summed E-state index contributed by atoms with van der Waals surface area (Å²) in [5.41, 5.74) is 0.192. The Balaban J connectivity index is 2.32. The predicted molar refractivity (Wildman–Crippen MR) is 70.5 cm³/mol. The fourth-order valence-corrected chi connectivity index (χ4v) is 2.23. The summed E-state index contributed by atoms with van der Waals surface area (Å²) in [4.78, 5) is 18.8. The van der Waals surface area contributed by atoms with E-state index in [0.717, 1.165) is 25.7 Å². The minimum Gasteiger partial charge on any atom is -0.469 e. The number of nitrogens with zero attached hydrogens (tertiary/aromatic N) is 3. The van der Waals surface area contributed by atoms with Crippen molar-refractivity contribution in [3.8, 4) is 5.88 Å². The Bertz CT molecular complexity index is 472. The van der Waals surface area contributed by atoms with Gasteiger partial charge in [-0.2, -0.15) is 4.98 Å². The Labute approximate surface area is 111 Å². The Hall–Kier alpha value is -1.92. The molecule has 0 amide bonds. The minimum absolute atomic E-state index is 0.0301. The molecule has 7 nitrogen and oxygen atoms in total. The van der Waals surface area contributed by atoms with E-state index in [4.69, 9.17) is 4.74 Å². The number of nitro groups is 1. The first-order chi connectivity index (χ1) is 9.11. The Morgan fingerprint density at radius 1 is 1.42 bits per heavy atom. The normalized spacial score (nSPS) is 15.5. The quantitative estimate of drug-likeness (QED) is 0.650. The summed E-state index contributed by atoms with van der Waals surface area (Å²) in [6, 6.07) is 0. The van der Waals surface area contributed by atoms with Crippen molar-refractivity contribution in [3.63, 3.8) is 0 Å². The van der Waals surface area contributed by atoms with Crippen LogP contribution in [0, 0.1) is 17.0 Å². The number of hydrogen-bond acceptors (Lipinski definition) is 6. The summed E-state index contributed by atoms with van der Waals surface area (Å²) >= 11 is 0. The number of aromatic nitrogens is 2. The van der Waals surface area contributed by atoms with E-state index in [1.807, 2.05) is 6.92 Å². The smallest absolute Gasteiger partial charge is 0.352 e. The molecule has 0 atom stereocenters. The second-order valence-electron chi connectivity index (χ2n) is 4.60. The third-order valence-electron chi connectivity index (χ3n) is 3.12. The zero-order chi connectivity index (χ0) is 13.8. The van der Waals surface area contributed by atoms with Crippen LogP contribution in [0.3, 0.4) is 0 Å². The molecule has 104 valence electrons. The van der Waals surface area contributed by atoms with Gasteiger partial charge in [0.1, 0.15) is 11.8 Å². The monoisotopic (exact) mass is 266 g/mol. The Morgan fingerprint density at radius 2 is 2.11 bits per heavy atom. The van der Waals surface area contributed by atoms with Gasteiger partial charge in [0.25, 0.3) is 5.88 Å². The lowest BCUT2D eigenvalue weighted by atomic mass is 10.3. The van der Waals surface area contributed by atoms with Gasteiger partial charge in [-0.1, -0.05) is 0 Å². The van der Waals surface area contributed by atoms with Crippen LogP contribution in [0.2, 0.25) is 0 Å². The molecule has 1 aliphatic carbocycles. The molecule has 1 saturated carbocycles. The summed E-state index contributed by atoms with van der Waals surface area (Å²) in [5.74, 6) is 0.457. The highest BCUT2D eigenvalue weighted by Gasteiger charge is 2.27. The van der Waals surface area contributed by atoms with Gasteiger partial charge in [-0.3, -0.25) is 10.1 Å². The number of hydrogen-bond donors (Lipinski definition) is 1. The van der Waals surface area contributed by atoms with Gasteiger partial charge >= 0.3 is 5.69 Å². The molecule has 1 aromatic heterocycles. The summed E-state index contributed by atoms with van der Waals surface area (Å²) in [7, 11) is 0. The van der Waals surface area contributed by atoms with E-state index in [-0.39, 0.29) is 17.7 Å². The van der Waals surface area contributed by atoms with Gasteiger partial charge in [-0.15, -0.1) is 0 Å². The van der Waals surface area contributed by atoms with Crippen LogP contribution in [-0.4, -0.2) is 27.5 Å². The third-order valence-corrected chi connectivity index (χ3v) is 3.12. The average molecular weight is 266 g/mol. The first-order valence-electron chi connectivity index (χ1n) is 6.55. The van der Waals surface area contributed by atoms with Gasteiger partial charge in [0, 0.05) is 6.54 Å². The van der Waals surface area contributed by atoms with Crippen molar-refractivity contribution in [2.45, 2.75) is 45.6 Å². The maximum atomic E-state index is 11.1. The lowest BCUT2D eigenvalue weighted by Gasteiger charge is -2.13.